The van der Waals surface area contributed by atoms with E-state index < -0.39 is 0 Å². The van der Waals surface area contributed by atoms with Crippen molar-refractivity contribution in [3.63, 3.8) is 0 Å². The van der Waals surface area contributed by atoms with Crippen LogP contribution < -0.4 is 24.0 Å². The van der Waals surface area contributed by atoms with Gasteiger partial charge in [0.05, 0.1) is 0 Å². The summed E-state index contributed by atoms with van der Waals surface area (Å²) in [4.78, 5) is 6.25. The maximum absolute atomic E-state index is 6.26. The molecule has 0 spiro atoms. The molecular weight excluding hydrogens is 476 g/mol. The molecular formula is C28H24N2O3S2. The zero-order chi connectivity index (χ0) is 23.8. The van der Waals surface area contributed by atoms with E-state index in [0.717, 1.165) is 68.4 Å². The standard InChI is InChI=1S/C28H24N2O3S2/c34-25-7-1-21(2-8-25)29-15-19-13-23(5-11-27(19)31-17-29)33-24-6-12-28-20(14-24)16-30(18-32-28)22-3-9-26(35)10-4-22/h1-14,34-35H,15-18H2. The second-order valence-electron chi connectivity index (χ2n) is 8.62. The minimum Gasteiger partial charge on any atom is -0.473 e. The summed E-state index contributed by atoms with van der Waals surface area (Å²) in [5.41, 5.74) is 4.37. The lowest BCUT2D eigenvalue weighted by Crippen LogP contribution is -2.31. The Bertz CT molecular complexity index is 1250. The summed E-state index contributed by atoms with van der Waals surface area (Å²) >= 11 is 8.76. The molecule has 2 aliphatic rings. The van der Waals surface area contributed by atoms with E-state index in [9.17, 15) is 0 Å². The number of nitrogens with zero attached hydrogens (tertiary/aromatic N) is 2. The Balaban J connectivity index is 1.19. The molecule has 2 heterocycles. The fourth-order valence-corrected chi connectivity index (χ4v) is 4.66. The van der Waals surface area contributed by atoms with Crippen LogP contribution in [0.25, 0.3) is 0 Å². The molecule has 5 nitrogen and oxygen atoms in total. The molecule has 0 fully saturated rings. The van der Waals surface area contributed by atoms with Crippen molar-refractivity contribution in [2.75, 3.05) is 23.3 Å². The minimum atomic E-state index is 0.511. The van der Waals surface area contributed by atoms with Gasteiger partial charge in [-0.05, 0) is 84.9 Å². The Morgan fingerprint density at radius 2 is 1.00 bits per heavy atom. The van der Waals surface area contributed by atoms with Gasteiger partial charge in [-0.25, -0.2) is 0 Å². The molecule has 0 atom stereocenters. The molecule has 7 heteroatoms. The Hall–Kier alpha value is -3.42. The fourth-order valence-electron chi connectivity index (χ4n) is 4.36. The molecule has 0 saturated heterocycles. The van der Waals surface area contributed by atoms with Gasteiger partial charge >= 0.3 is 0 Å². The van der Waals surface area contributed by atoms with Crippen LogP contribution in [0.3, 0.4) is 0 Å². The summed E-state index contributed by atoms with van der Waals surface area (Å²) in [7, 11) is 0. The Morgan fingerprint density at radius 3 is 1.43 bits per heavy atom. The summed E-state index contributed by atoms with van der Waals surface area (Å²) in [5.74, 6) is 3.33. The van der Waals surface area contributed by atoms with Gasteiger partial charge in [0.2, 0.25) is 0 Å². The van der Waals surface area contributed by atoms with Crippen LogP contribution in [0.4, 0.5) is 11.4 Å². The van der Waals surface area contributed by atoms with Crippen molar-refractivity contribution in [1.29, 1.82) is 0 Å². The molecule has 0 saturated carbocycles. The van der Waals surface area contributed by atoms with Crippen LogP contribution in [-0.4, -0.2) is 13.5 Å². The van der Waals surface area contributed by atoms with Gasteiger partial charge < -0.3 is 24.0 Å². The summed E-state index contributed by atoms with van der Waals surface area (Å²) in [6.45, 7) is 2.52. The molecule has 0 aliphatic carbocycles. The van der Waals surface area contributed by atoms with Crippen LogP contribution in [0.5, 0.6) is 23.0 Å². The van der Waals surface area contributed by atoms with Crippen LogP contribution >= 0.6 is 25.3 Å². The fraction of sp³-hybridized carbons (Fsp3) is 0.143. The highest BCUT2D eigenvalue weighted by Crippen LogP contribution is 2.36. The predicted octanol–water partition coefficient (Wildman–Crippen LogP) is 6.77. The zero-order valence-electron chi connectivity index (χ0n) is 18.9. The first-order chi connectivity index (χ1) is 17.1. The first-order valence-electron chi connectivity index (χ1n) is 11.4. The van der Waals surface area contributed by atoms with Crippen molar-refractivity contribution in [3.8, 4) is 23.0 Å². The predicted molar refractivity (Wildman–Crippen MR) is 144 cm³/mol. The van der Waals surface area contributed by atoms with Crippen LogP contribution in [0.2, 0.25) is 0 Å². The lowest BCUT2D eigenvalue weighted by Gasteiger charge is -2.31. The largest absolute Gasteiger partial charge is 0.473 e. The monoisotopic (exact) mass is 500 g/mol. The maximum atomic E-state index is 6.26. The summed E-state index contributed by atoms with van der Waals surface area (Å²) < 4.78 is 18.2. The third-order valence-electron chi connectivity index (χ3n) is 6.20. The van der Waals surface area contributed by atoms with Gasteiger partial charge in [-0.2, -0.15) is 0 Å². The normalized spacial score (nSPS) is 14.5. The number of rotatable bonds is 4. The second kappa shape index (κ2) is 9.32. The second-order valence-corrected chi connectivity index (χ2v) is 9.65. The van der Waals surface area contributed by atoms with Crippen molar-refractivity contribution in [2.45, 2.75) is 22.9 Å². The molecule has 0 N–H and O–H groups in total. The van der Waals surface area contributed by atoms with Gasteiger partial charge in [0.1, 0.15) is 23.0 Å². The van der Waals surface area contributed by atoms with E-state index in [4.69, 9.17) is 14.2 Å². The number of ether oxygens (including phenoxy) is 3. The first-order valence-corrected chi connectivity index (χ1v) is 12.3. The van der Waals surface area contributed by atoms with Gasteiger partial charge in [-0.15, -0.1) is 25.3 Å². The van der Waals surface area contributed by atoms with Crippen molar-refractivity contribution >= 4 is 36.6 Å². The molecule has 176 valence electrons. The lowest BCUT2D eigenvalue weighted by atomic mass is 10.1. The first kappa shape index (κ1) is 22.1. The van der Waals surface area contributed by atoms with E-state index in [-0.39, 0.29) is 0 Å². The van der Waals surface area contributed by atoms with Gasteiger partial charge in [0.15, 0.2) is 13.5 Å². The van der Waals surface area contributed by atoms with E-state index in [1.807, 2.05) is 48.5 Å². The van der Waals surface area contributed by atoms with Gasteiger partial charge in [-0.3, -0.25) is 0 Å². The van der Waals surface area contributed by atoms with Crippen molar-refractivity contribution in [1.82, 2.24) is 0 Å². The number of hydrogen-bond acceptors (Lipinski definition) is 7. The molecule has 0 bridgehead atoms. The topological polar surface area (TPSA) is 34.2 Å². The van der Waals surface area contributed by atoms with E-state index in [0.29, 0.717) is 13.5 Å². The van der Waals surface area contributed by atoms with E-state index in [1.54, 1.807) is 0 Å². The van der Waals surface area contributed by atoms with Crippen molar-refractivity contribution < 1.29 is 14.2 Å². The van der Waals surface area contributed by atoms with Crippen LogP contribution in [0, 0.1) is 0 Å². The average molecular weight is 501 g/mol. The number of benzene rings is 4. The molecule has 6 rings (SSSR count). The smallest absolute Gasteiger partial charge is 0.161 e. The molecule has 4 aromatic rings. The van der Waals surface area contributed by atoms with E-state index in [2.05, 4.69) is 71.5 Å². The average Bonchev–Trinajstić information content (AvgIpc) is 2.89. The highest BCUT2D eigenvalue weighted by atomic mass is 32.1. The van der Waals surface area contributed by atoms with Crippen LogP contribution in [0.1, 0.15) is 11.1 Å². The zero-order valence-corrected chi connectivity index (χ0v) is 20.7. The molecule has 4 aromatic carbocycles. The number of thiol groups is 2. The molecule has 35 heavy (non-hydrogen) atoms. The van der Waals surface area contributed by atoms with Gasteiger partial charge in [-0.1, -0.05) is 0 Å². The molecule has 0 amide bonds. The quantitative estimate of drug-likeness (QED) is 0.302. The summed E-state index contributed by atoms with van der Waals surface area (Å²) in [6, 6.07) is 28.2. The lowest BCUT2D eigenvalue weighted by molar-refractivity contribution is 0.288. The SMILES string of the molecule is Sc1ccc(N2COc3ccc(Oc4ccc5c(c4)CN(c4ccc(S)cc4)CO5)cc3C2)cc1. The third kappa shape index (κ3) is 4.74. The highest BCUT2D eigenvalue weighted by molar-refractivity contribution is 7.80. The third-order valence-corrected chi connectivity index (χ3v) is 6.80. The van der Waals surface area contributed by atoms with Gasteiger partial charge in [0.25, 0.3) is 0 Å². The number of anilines is 2. The molecule has 0 aromatic heterocycles. The van der Waals surface area contributed by atoms with Crippen LogP contribution in [-0.2, 0) is 13.1 Å². The van der Waals surface area contributed by atoms with Crippen molar-refractivity contribution in [3.05, 3.63) is 96.1 Å². The van der Waals surface area contributed by atoms with Crippen LogP contribution in [0.15, 0.2) is 94.7 Å². The number of hydrogen-bond donors (Lipinski definition) is 2. The Morgan fingerprint density at radius 1 is 0.571 bits per heavy atom. The van der Waals surface area contributed by atoms with E-state index in [1.165, 1.54) is 0 Å². The Kier molecular flexibility index (Phi) is 5.88. The Labute approximate surface area is 215 Å². The number of fused-ring (bicyclic) bond motifs is 2. The highest BCUT2D eigenvalue weighted by Gasteiger charge is 2.20. The maximum Gasteiger partial charge on any atom is 0.161 e. The van der Waals surface area contributed by atoms with Crippen molar-refractivity contribution in [2.24, 2.45) is 0 Å². The molecule has 2 aliphatic heterocycles. The minimum absolute atomic E-state index is 0.511. The van der Waals surface area contributed by atoms with Gasteiger partial charge in [0, 0.05) is 45.4 Å². The molecule has 0 unspecified atom stereocenters. The summed E-state index contributed by atoms with van der Waals surface area (Å²) in [5, 5.41) is 0. The molecule has 0 radical (unpaired) electrons. The summed E-state index contributed by atoms with van der Waals surface area (Å²) in [6.07, 6.45) is 0. The van der Waals surface area contributed by atoms with E-state index >= 15 is 0 Å².